The average Bonchev–Trinajstić information content (AvgIpc) is 3.40. The van der Waals surface area contributed by atoms with Crippen LogP contribution in [0.2, 0.25) is 15.1 Å². The van der Waals surface area contributed by atoms with Gasteiger partial charge >= 0.3 is 5.97 Å². The zero-order valence-electron chi connectivity index (χ0n) is 20.7. The van der Waals surface area contributed by atoms with Gasteiger partial charge in [0.25, 0.3) is 5.91 Å². The Balaban J connectivity index is 1.38. The number of rotatable bonds is 9. The molecule has 1 saturated heterocycles. The monoisotopic (exact) mass is 656 g/mol. The van der Waals surface area contributed by atoms with Crippen LogP contribution in [0.15, 0.2) is 65.2 Å². The molecule has 1 fully saturated rings. The van der Waals surface area contributed by atoms with Crippen LogP contribution in [0.4, 0.5) is 0 Å². The maximum atomic E-state index is 13.2. The maximum Gasteiger partial charge on any atom is 0.352 e. The number of thiophene rings is 1. The molecule has 41 heavy (non-hydrogen) atoms. The third-order valence-electron chi connectivity index (χ3n) is 6.22. The summed E-state index contributed by atoms with van der Waals surface area (Å²) in [6, 6.07) is 11.1. The van der Waals surface area contributed by atoms with E-state index in [0.29, 0.717) is 9.92 Å². The molecule has 5 rings (SSSR count). The Morgan fingerprint density at radius 2 is 1.76 bits per heavy atom. The minimum absolute atomic E-state index is 0.0415. The number of hydrogen-bond donors (Lipinski definition) is 2. The molecule has 15 heteroatoms. The lowest BCUT2D eigenvalue weighted by molar-refractivity contribution is -0.151. The van der Waals surface area contributed by atoms with E-state index in [1.165, 1.54) is 41.7 Å². The molecule has 3 aromatic rings. The standard InChI is InChI=1S/C26H19Cl3N2O8S2/c27-14-3-5-18(17(29)8-14)39-19-6-4-15(28)9-20(19)38-11-13-12-41(36,37)25-22(24(33)31(25)23(13)26(34)35)30-21(32)10-16-2-1-7-40-16/h1-9,22,25H,10-12H2,(H,30,32)(H,34,35)/t22-,25-/m1/s1. The van der Waals surface area contributed by atoms with Gasteiger partial charge in [-0.1, -0.05) is 40.9 Å². The van der Waals surface area contributed by atoms with Crippen molar-refractivity contribution < 1.29 is 37.4 Å². The number of aliphatic carboxylic acids is 1. The number of ether oxygens (including phenoxy) is 2. The number of hydrogen-bond acceptors (Lipinski definition) is 8. The molecule has 214 valence electrons. The van der Waals surface area contributed by atoms with E-state index in [0.717, 1.165) is 4.88 Å². The SMILES string of the molecule is O=C(Cc1cccs1)N[C@@H]1C(=O)N2C(C(=O)O)=C(COc3cc(Cl)ccc3Oc3ccc(Cl)cc3Cl)CS(=O)(=O)[C@H]12. The molecule has 0 spiro atoms. The minimum Gasteiger partial charge on any atom is -0.485 e. The number of nitrogens with zero attached hydrogens (tertiary/aromatic N) is 1. The fraction of sp³-hybridized carbons (Fsp3) is 0.192. The normalized spacial score (nSPS) is 19.3. The highest BCUT2D eigenvalue weighted by molar-refractivity contribution is 7.92. The Morgan fingerprint density at radius 3 is 2.41 bits per heavy atom. The van der Waals surface area contributed by atoms with Gasteiger partial charge in [0, 0.05) is 26.6 Å². The number of halogens is 3. The summed E-state index contributed by atoms with van der Waals surface area (Å²) in [5.74, 6) is -3.16. The second kappa shape index (κ2) is 11.5. The summed E-state index contributed by atoms with van der Waals surface area (Å²) in [5.41, 5.74) is -0.690. The van der Waals surface area contributed by atoms with E-state index >= 15 is 0 Å². The van der Waals surface area contributed by atoms with Crippen LogP contribution in [0.1, 0.15) is 4.88 Å². The predicted octanol–water partition coefficient (Wildman–Crippen LogP) is 4.54. The number of carbonyl (C=O) groups is 3. The van der Waals surface area contributed by atoms with E-state index in [2.05, 4.69) is 5.32 Å². The van der Waals surface area contributed by atoms with Crippen molar-refractivity contribution >= 4 is 73.8 Å². The molecule has 0 unspecified atom stereocenters. The smallest absolute Gasteiger partial charge is 0.352 e. The molecule has 2 amide bonds. The number of carboxylic acids is 1. The molecule has 0 aliphatic carbocycles. The number of carbonyl (C=O) groups excluding carboxylic acids is 2. The van der Waals surface area contributed by atoms with Crippen LogP contribution in [-0.2, 0) is 30.6 Å². The number of fused-ring (bicyclic) bond motifs is 1. The van der Waals surface area contributed by atoms with Gasteiger partial charge < -0.3 is 19.9 Å². The van der Waals surface area contributed by atoms with Crippen LogP contribution in [-0.4, -0.2) is 60.0 Å². The van der Waals surface area contributed by atoms with Crippen LogP contribution in [0.25, 0.3) is 0 Å². The lowest BCUT2D eigenvalue weighted by atomic mass is 10.0. The first-order valence-electron chi connectivity index (χ1n) is 11.8. The van der Waals surface area contributed by atoms with Gasteiger partial charge in [-0.25, -0.2) is 13.2 Å². The summed E-state index contributed by atoms with van der Waals surface area (Å²) >= 11 is 19.6. The Kier molecular flexibility index (Phi) is 8.22. The molecule has 1 aromatic heterocycles. The second-order valence-corrected chi connectivity index (χ2v) is 13.4. The van der Waals surface area contributed by atoms with Gasteiger partial charge in [0.2, 0.25) is 5.91 Å². The van der Waals surface area contributed by atoms with Crippen LogP contribution in [0.3, 0.4) is 0 Å². The van der Waals surface area contributed by atoms with Crippen molar-refractivity contribution in [1.29, 1.82) is 0 Å². The summed E-state index contributed by atoms with van der Waals surface area (Å²) in [5, 5.41) is 13.5. The van der Waals surface area contributed by atoms with Gasteiger partial charge in [-0.05, 0) is 41.8 Å². The molecular weight excluding hydrogens is 639 g/mol. The number of nitrogens with one attached hydrogen (secondary N) is 1. The van der Waals surface area contributed by atoms with E-state index in [-0.39, 0.29) is 39.3 Å². The molecule has 0 bridgehead atoms. The van der Waals surface area contributed by atoms with Gasteiger partial charge in [0.05, 0.1) is 17.2 Å². The molecule has 2 N–H and O–H groups in total. The Morgan fingerprint density at radius 1 is 1.05 bits per heavy atom. The molecule has 0 radical (unpaired) electrons. The molecule has 3 heterocycles. The molecule has 2 aliphatic rings. The van der Waals surface area contributed by atoms with Gasteiger partial charge in [-0.15, -0.1) is 11.3 Å². The van der Waals surface area contributed by atoms with Crippen molar-refractivity contribution in [3.8, 4) is 17.2 Å². The first kappa shape index (κ1) is 29.2. The summed E-state index contributed by atoms with van der Waals surface area (Å²) in [6.45, 7) is -0.516. The van der Waals surface area contributed by atoms with Crippen LogP contribution in [0.5, 0.6) is 17.2 Å². The van der Waals surface area contributed by atoms with Gasteiger partial charge in [-0.2, -0.15) is 0 Å². The largest absolute Gasteiger partial charge is 0.485 e. The maximum absolute atomic E-state index is 13.2. The third-order valence-corrected chi connectivity index (χ3v) is 9.83. The lowest BCUT2D eigenvalue weighted by Crippen LogP contribution is -2.75. The summed E-state index contributed by atoms with van der Waals surface area (Å²) in [7, 11) is -4.11. The zero-order chi connectivity index (χ0) is 29.5. The molecule has 2 aromatic carbocycles. The fourth-order valence-electron chi connectivity index (χ4n) is 4.45. The molecule has 2 atom stereocenters. The van der Waals surface area contributed by atoms with Crippen molar-refractivity contribution in [3.63, 3.8) is 0 Å². The van der Waals surface area contributed by atoms with Gasteiger partial charge in [0.1, 0.15) is 24.1 Å². The van der Waals surface area contributed by atoms with Crippen LogP contribution >= 0.6 is 46.1 Å². The number of carboxylic acid groups (broad SMARTS) is 1. The van der Waals surface area contributed by atoms with E-state index in [9.17, 15) is 27.9 Å². The Labute approximate surface area is 252 Å². The first-order chi connectivity index (χ1) is 19.4. The summed E-state index contributed by atoms with van der Waals surface area (Å²) < 4.78 is 38.1. The second-order valence-electron chi connectivity index (χ2n) is 9.02. The summed E-state index contributed by atoms with van der Waals surface area (Å²) in [4.78, 5) is 39.1. The third kappa shape index (κ3) is 6.02. The highest BCUT2D eigenvalue weighted by Gasteiger charge is 2.60. The lowest BCUT2D eigenvalue weighted by Gasteiger charge is -2.49. The molecule has 0 saturated carbocycles. The predicted molar refractivity (Wildman–Crippen MR) is 153 cm³/mol. The van der Waals surface area contributed by atoms with Crippen molar-refractivity contribution in [3.05, 3.63) is 85.1 Å². The average molecular weight is 658 g/mol. The zero-order valence-corrected chi connectivity index (χ0v) is 24.6. The minimum atomic E-state index is -4.11. The van der Waals surface area contributed by atoms with Crippen molar-refractivity contribution in [2.24, 2.45) is 0 Å². The highest BCUT2D eigenvalue weighted by atomic mass is 35.5. The van der Waals surface area contributed by atoms with E-state index in [1.54, 1.807) is 23.6 Å². The van der Waals surface area contributed by atoms with Gasteiger partial charge in [0.15, 0.2) is 26.7 Å². The van der Waals surface area contributed by atoms with Crippen LogP contribution in [0, 0.1) is 0 Å². The number of β-lactam (4-membered cyclic amide) rings is 1. The van der Waals surface area contributed by atoms with E-state index in [4.69, 9.17) is 44.3 Å². The first-order valence-corrected chi connectivity index (χ1v) is 15.5. The Hall–Kier alpha value is -3.29. The molecule has 10 nitrogen and oxygen atoms in total. The van der Waals surface area contributed by atoms with E-state index < -0.39 is 57.1 Å². The number of amides is 2. The van der Waals surface area contributed by atoms with Crippen molar-refractivity contribution in [2.45, 2.75) is 17.8 Å². The quantitative estimate of drug-likeness (QED) is 0.320. The Bertz CT molecular complexity index is 1690. The highest BCUT2D eigenvalue weighted by Crippen LogP contribution is 2.40. The van der Waals surface area contributed by atoms with Crippen molar-refractivity contribution in [1.82, 2.24) is 10.2 Å². The number of sulfone groups is 1. The van der Waals surface area contributed by atoms with E-state index in [1.807, 2.05) is 0 Å². The molecule has 2 aliphatic heterocycles. The topological polar surface area (TPSA) is 139 Å². The van der Waals surface area contributed by atoms with Gasteiger partial charge in [-0.3, -0.25) is 14.5 Å². The fourth-order valence-corrected chi connectivity index (χ4v) is 7.77. The number of benzene rings is 2. The van der Waals surface area contributed by atoms with Crippen LogP contribution < -0.4 is 14.8 Å². The van der Waals surface area contributed by atoms with Crippen molar-refractivity contribution in [2.75, 3.05) is 12.4 Å². The molecular formula is C26H19Cl3N2O8S2. The summed E-state index contributed by atoms with van der Waals surface area (Å²) in [6.07, 6.45) is -0.0415.